The van der Waals surface area contributed by atoms with Gasteiger partial charge in [-0.25, -0.2) is 0 Å². The van der Waals surface area contributed by atoms with E-state index in [1.807, 2.05) is 0 Å². The van der Waals surface area contributed by atoms with Crippen LogP contribution in [-0.4, -0.2) is 15.6 Å². The van der Waals surface area contributed by atoms with Gasteiger partial charge in [-0.15, -0.1) is 0 Å². The molecule has 0 rings (SSSR count). The summed E-state index contributed by atoms with van der Waals surface area (Å²) >= 11 is 1.42. The van der Waals surface area contributed by atoms with Gasteiger partial charge in [0.1, 0.15) is 0 Å². The molecule has 0 radical (unpaired) electrons. The standard InChI is InChI=1S/3Na.H3O3PSe/c;;;1-4(2,3)5/h;;;(H3,1,2,3,5)/q3*+1;/p-3. The second kappa shape index (κ2) is 10.7. The van der Waals surface area contributed by atoms with E-state index in [0.29, 0.717) is 0 Å². The van der Waals surface area contributed by atoms with Gasteiger partial charge in [0, 0.05) is 0 Å². The maximum atomic E-state index is 9.05. The molecule has 0 aromatic rings. The SMILES string of the molecule is O=P([O-])([O-])[Se-].[Na+].[Na+].[Na+]. The summed E-state index contributed by atoms with van der Waals surface area (Å²) in [7, 11) is 0. The van der Waals surface area contributed by atoms with Crippen molar-refractivity contribution in [2.75, 3.05) is 0 Å². The molecule has 3 nitrogen and oxygen atoms in total. The maximum Gasteiger partial charge on any atom is 1.00 e. The Morgan fingerprint density at radius 3 is 1.12 bits per heavy atom. The predicted molar refractivity (Wildman–Crippen MR) is 13.4 cm³/mol. The van der Waals surface area contributed by atoms with Gasteiger partial charge in [0.05, 0.1) is 0 Å². The molecule has 0 unspecified atom stereocenters. The second-order valence-electron chi connectivity index (χ2n) is 0.447. The molecule has 0 aliphatic rings. The monoisotopic (exact) mass is 228 g/mol. The van der Waals surface area contributed by atoms with E-state index in [1.165, 1.54) is 15.6 Å². The molecule has 0 aromatic carbocycles. The Balaban J connectivity index is -0.0000000267. The molecule has 0 saturated heterocycles. The molecule has 0 heterocycles. The minimum atomic E-state index is -4.26. The van der Waals surface area contributed by atoms with Gasteiger partial charge >= 0.3 is 125 Å². The fourth-order valence-corrected chi connectivity index (χ4v) is 0. The van der Waals surface area contributed by atoms with Crippen LogP contribution < -0.4 is 98.5 Å². The van der Waals surface area contributed by atoms with Crippen LogP contribution in [0.2, 0.25) is 0 Å². The van der Waals surface area contributed by atoms with Crippen molar-refractivity contribution in [1.82, 2.24) is 0 Å². The fraction of sp³-hybridized carbons (Fsp3) is 0. The first-order valence-corrected chi connectivity index (χ1v) is 4.49. The fourth-order valence-electron chi connectivity index (χ4n) is 0. The van der Waals surface area contributed by atoms with Crippen LogP contribution in [0.3, 0.4) is 0 Å². The first kappa shape index (κ1) is 22.6. The molecule has 0 N–H and O–H groups in total. The summed E-state index contributed by atoms with van der Waals surface area (Å²) in [4.78, 5) is 18.1. The number of hydrogen-bond donors (Lipinski definition) is 0. The van der Waals surface area contributed by atoms with Gasteiger partial charge in [0.25, 0.3) is 0 Å². The van der Waals surface area contributed by atoms with Crippen molar-refractivity contribution in [3.05, 3.63) is 0 Å². The van der Waals surface area contributed by atoms with Gasteiger partial charge in [-0.05, 0) is 0 Å². The minimum Gasteiger partial charge on any atom is 1.00 e. The molecule has 0 atom stereocenters. The molecular formula is Na3O3PSe. The Morgan fingerprint density at radius 1 is 1.12 bits per heavy atom. The van der Waals surface area contributed by atoms with Crippen LogP contribution in [0.4, 0.5) is 0 Å². The van der Waals surface area contributed by atoms with Crippen LogP contribution in [0.15, 0.2) is 0 Å². The Morgan fingerprint density at radius 2 is 1.12 bits per heavy atom. The van der Waals surface area contributed by atoms with Crippen molar-refractivity contribution in [1.29, 1.82) is 0 Å². The van der Waals surface area contributed by atoms with Gasteiger partial charge in [0.2, 0.25) is 0 Å². The van der Waals surface area contributed by atoms with Crippen molar-refractivity contribution >= 4 is 21.9 Å². The molecular weight excluding hydrogens is 227 g/mol. The molecule has 0 spiro atoms. The summed E-state index contributed by atoms with van der Waals surface area (Å²) in [5, 5.41) is 0. The zero-order chi connectivity index (χ0) is 4.50. The van der Waals surface area contributed by atoms with Crippen molar-refractivity contribution in [3.8, 4) is 0 Å². The minimum absolute atomic E-state index is 0. The van der Waals surface area contributed by atoms with Crippen LogP contribution in [0.1, 0.15) is 0 Å². The van der Waals surface area contributed by atoms with Crippen LogP contribution >= 0.6 is 6.29 Å². The Bertz CT molecular complexity index is 60.7. The third-order valence-corrected chi connectivity index (χ3v) is 0. The van der Waals surface area contributed by atoms with E-state index >= 15 is 0 Å². The Kier molecular flexibility index (Phi) is 30.1. The molecule has 32 valence electrons. The summed E-state index contributed by atoms with van der Waals surface area (Å²) in [6.45, 7) is 0. The molecule has 0 aromatic heterocycles. The van der Waals surface area contributed by atoms with E-state index in [2.05, 4.69) is 0 Å². The van der Waals surface area contributed by atoms with Crippen LogP contribution in [0.5, 0.6) is 0 Å². The van der Waals surface area contributed by atoms with Crippen molar-refractivity contribution in [2.24, 2.45) is 0 Å². The third kappa shape index (κ3) is 54.0. The first-order valence-electron chi connectivity index (χ1n) is 0.730. The quantitative estimate of drug-likeness (QED) is 0.305. The predicted octanol–water partition coefficient (Wildman–Crippen LogP) is -11.0. The van der Waals surface area contributed by atoms with Gasteiger partial charge in [-0.1, -0.05) is 0 Å². The average molecular weight is 227 g/mol. The summed E-state index contributed by atoms with van der Waals surface area (Å²) in [5.74, 6) is 0. The summed E-state index contributed by atoms with van der Waals surface area (Å²) in [6, 6.07) is 0. The molecule has 8 heteroatoms. The van der Waals surface area contributed by atoms with E-state index in [4.69, 9.17) is 14.4 Å². The molecule has 0 amide bonds. The van der Waals surface area contributed by atoms with Gasteiger partial charge in [0.15, 0.2) is 0 Å². The van der Waals surface area contributed by atoms with Crippen molar-refractivity contribution < 1.29 is 103 Å². The Hall–Kier alpha value is 3.67. The van der Waals surface area contributed by atoms with E-state index in [-0.39, 0.29) is 88.7 Å². The van der Waals surface area contributed by atoms with E-state index < -0.39 is 6.29 Å². The molecule has 0 bridgehead atoms. The normalized spacial score (nSPS) is 7.38. The summed E-state index contributed by atoms with van der Waals surface area (Å²) in [5.41, 5.74) is 0. The van der Waals surface area contributed by atoms with Gasteiger partial charge in [-0.3, -0.25) is 0 Å². The molecule has 0 aliphatic carbocycles. The molecule has 0 fully saturated rings. The smallest absolute Gasteiger partial charge is 1.00 e. The van der Waals surface area contributed by atoms with Crippen LogP contribution in [0.25, 0.3) is 0 Å². The Labute approximate surface area is 122 Å². The molecule has 0 aliphatic heterocycles. The molecule has 8 heavy (non-hydrogen) atoms. The zero-order valence-electron chi connectivity index (χ0n) is 5.08. The van der Waals surface area contributed by atoms with Crippen molar-refractivity contribution in [2.45, 2.75) is 0 Å². The maximum absolute atomic E-state index is 9.05. The van der Waals surface area contributed by atoms with Crippen LogP contribution in [0, 0.1) is 0 Å². The summed E-state index contributed by atoms with van der Waals surface area (Å²) in [6.07, 6.45) is -4.26. The largest absolute Gasteiger partial charge is 1.00 e. The van der Waals surface area contributed by atoms with Crippen molar-refractivity contribution in [3.63, 3.8) is 0 Å². The topological polar surface area (TPSA) is 63.2 Å². The third-order valence-electron chi connectivity index (χ3n) is 0. The van der Waals surface area contributed by atoms with Crippen LogP contribution in [-0.2, 0) is 4.57 Å². The van der Waals surface area contributed by atoms with Gasteiger partial charge in [-0.2, -0.15) is 0 Å². The van der Waals surface area contributed by atoms with E-state index in [9.17, 15) is 0 Å². The van der Waals surface area contributed by atoms with Gasteiger partial charge < -0.3 is 0 Å². The first-order chi connectivity index (χ1) is 2.00. The molecule has 0 saturated carbocycles. The average Bonchev–Trinajstić information content (AvgIpc) is 0.722. The van der Waals surface area contributed by atoms with E-state index in [0.717, 1.165) is 0 Å². The zero-order valence-corrected chi connectivity index (χ0v) is 13.7. The summed E-state index contributed by atoms with van der Waals surface area (Å²) < 4.78 is 9.05. The number of rotatable bonds is 0. The van der Waals surface area contributed by atoms with E-state index in [1.54, 1.807) is 0 Å². The second-order valence-corrected chi connectivity index (χ2v) is 4.16. The number of hydrogen-bond acceptors (Lipinski definition) is 3.